The fourth-order valence-corrected chi connectivity index (χ4v) is 0.701. The molecule has 1 heterocycles. The van der Waals surface area contributed by atoms with Gasteiger partial charge in [0.15, 0.2) is 0 Å². The SMILES string of the molecule is CC(C)(C#N)n1ccc(N)n1. The largest absolute Gasteiger partial charge is 0.382 e. The van der Waals surface area contributed by atoms with Crippen LogP contribution >= 0.6 is 0 Å². The molecule has 0 spiro atoms. The van der Waals surface area contributed by atoms with Gasteiger partial charge in [0.1, 0.15) is 11.4 Å². The van der Waals surface area contributed by atoms with Crippen LogP contribution in [0.4, 0.5) is 5.82 Å². The first-order valence-electron chi connectivity index (χ1n) is 3.29. The maximum absolute atomic E-state index is 8.71. The maximum atomic E-state index is 8.71. The molecule has 0 aliphatic heterocycles. The highest BCUT2D eigenvalue weighted by Crippen LogP contribution is 2.12. The van der Waals surface area contributed by atoms with Crippen molar-refractivity contribution < 1.29 is 0 Å². The molecule has 0 amide bonds. The number of nitriles is 1. The highest BCUT2D eigenvalue weighted by atomic mass is 15.3. The standard InChI is InChI=1S/C7H10N4/c1-7(2,5-8)11-4-3-6(9)10-11/h3-4H,1-2H3,(H2,9,10). The van der Waals surface area contributed by atoms with Crippen molar-refractivity contribution in [1.29, 1.82) is 5.26 Å². The van der Waals surface area contributed by atoms with Gasteiger partial charge in [0.2, 0.25) is 0 Å². The van der Waals surface area contributed by atoms with Gasteiger partial charge < -0.3 is 5.73 Å². The summed E-state index contributed by atoms with van der Waals surface area (Å²) in [5, 5.41) is 12.6. The molecule has 2 N–H and O–H groups in total. The average molecular weight is 150 g/mol. The monoisotopic (exact) mass is 150 g/mol. The summed E-state index contributed by atoms with van der Waals surface area (Å²) in [6.45, 7) is 3.55. The quantitative estimate of drug-likeness (QED) is 0.641. The van der Waals surface area contributed by atoms with Gasteiger partial charge in [-0.1, -0.05) is 0 Å². The van der Waals surface area contributed by atoms with Gasteiger partial charge >= 0.3 is 0 Å². The summed E-state index contributed by atoms with van der Waals surface area (Å²) >= 11 is 0. The zero-order chi connectivity index (χ0) is 8.48. The Morgan fingerprint density at radius 1 is 1.73 bits per heavy atom. The van der Waals surface area contributed by atoms with Crippen LogP contribution < -0.4 is 5.73 Å². The van der Waals surface area contributed by atoms with E-state index in [1.807, 2.05) is 0 Å². The Bertz CT molecular complexity index is 292. The molecule has 0 radical (unpaired) electrons. The minimum atomic E-state index is -0.613. The van der Waals surface area contributed by atoms with Gasteiger partial charge in [0.05, 0.1) is 6.07 Å². The van der Waals surface area contributed by atoms with Gasteiger partial charge in [-0.3, -0.25) is 4.68 Å². The highest BCUT2D eigenvalue weighted by Gasteiger charge is 2.19. The number of aromatic nitrogens is 2. The van der Waals surface area contributed by atoms with Gasteiger partial charge in [-0.25, -0.2) is 0 Å². The molecule has 1 aromatic heterocycles. The third kappa shape index (κ3) is 1.32. The lowest BCUT2D eigenvalue weighted by atomic mass is 10.1. The van der Waals surface area contributed by atoms with Crippen molar-refractivity contribution in [2.75, 3.05) is 5.73 Å². The number of nitrogen functional groups attached to an aromatic ring is 1. The first-order valence-corrected chi connectivity index (χ1v) is 3.29. The van der Waals surface area contributed by atoms with Crippen molar-refractivity contribution in [3.8, 4) is 6.07 Å². The molecule has 0 saturated carbocycles. The number of nitrogens with zero attached hydrogens (tertiary/aromatic N) is 3. The van der Waals surface area contributed by atoms with Crippen LogP contribution in [0, 0.1) is 11.3 Å². The van der Waals surface area contributed by atoms with E-state index in [1.165, 1.54) is 0 Å². The van der Waals surface area contributed by atoms with E-state index in [2.05, 4.69) is 11.2 Å². The minimum Gasteiger partial charge on any atom is -0.382 e. The first kappa shape index (κ1) is 7.61. The highest BCUT2D eigenvalue weighted by molar-refractivity contribution is 5.25. The van der Waals surface area contributed by atoms with E-state index in [1.54, 1.807) is 30.8 Å². The summed E-state index contributed by atoms with van der Waals surface area (Å²) in [4.78, 5) is 0. The Hall–Kier alpha value is -1.50. The number of rotatable bonds is 1. The zero-order valence-corrected chi connectivity index (χ0v) is 6.57. The topological polar surface area (TPSA) is 67.6 Å². The molecule has 0 aromatic carbocycles. The Balaban J connectivity index is 3.04. The van der Waals surface area contributed by atoms with Crippen molar-refractivity contribution in [2.45, 2.75) is 19.4 Å². The van der Waals surface area contributed by atoms with Crippen LogP contribution in [0.25, 0.3) is 0 Å². The van der Waals surface area contributed by atoms with E-state index < -0.39 is 5.54 Å². The van der Waals surface area contributed by atoms with Crippen LogP contribution in [-0.4, -0.2) is 9.78 Å². The summed E-state index contributed by atoms with van der Waals surface area (Å²) in [7, 11) is 0. The molecule has 4 nitrogen and oxygen atoms in total. The third-order valence-corrected chi connectivity index (χ3v) is 1.46. The molecule has 0 unspecified atom stereocenters. The molecule has 0 fully saturated rings. The lowest BCUT2D eigenvalue weighted by Crippen LogP contribution is -2.24. The minimum absolute atomic E-state index is 0.438. The van der Waals surface area contributed by atoms with E-state index in [0.717, 1.165) is 0 Å². The van der Waals surface area contributed by atoms with Gasteiger partial charge in [0.25, 0.3) is 0 Å². The summed E-state index contributed by atoms with van der Waals surface area (Å²) in [6, 6.07) is 3.78. The van der Waals surface area contributed by atoms with Crippen LogP contribution in [0.1, 0.15) is 13.8 Å². The summed E-state index contributed by atoms with van der Waals surface area (Å²) < 4.78 is 1.54. The predicted octanol–water partition coefficient (Wildman–Crippen LogP) is 0.724. The molecule has 11 heavy (non-hydrogen) atoms. The summed E-state index contributed by atoms with van der Waals surface area (Å²) in [5.74, 6) is 0.438. The number of anilines is 1. The third-order valence-electron chi connectivity index (χ3n) is 1.46. The molecule has 0 atom stereocenters. The van der Waals surface area contributed by atoms with E-state index in [-0.39, 0.29) is 0 Å². The summed E-state index contributed by atoms with van der Waals surface area (Å²) in [6.07, 6.45) is 1.69. The lowest BCUT2D eigenvalue weighted by molar-refractivity contribution is 0.420. The van der Waals surface area contributed by atoms with Crippen molar-refractivity contribution in [3.05, 3.63) is 12.3 Å². The smallest absolute Gasteiger partial charge is 0.145 e. The average Bonchev–Trinajstić information content (AvgIpc) is 2.36. The van der Waals surface area contributed by atoms with E-state index in [0.29, 0.717) is 5.82 Å². The Morgan fingerprint density at radius 3 is 2.73 bits per heavy atom. The number of nitrogens with two attached hydrogens (primary N) is 1. The van der Waals surface area contributed by atoms with E-state index in [4.69, 9.17) is 11.0 Å². The number of hydrogen-bond acceptors (Lipinski definition) is 3. The van der Waals surface area contributed by atoms with Crippen molar-refractivity contribution in [2.24, 2.45) is 0 Å². The number of hydrogen-bond donors (Lipinski definition) is 1. The van der Waals surface area contributed by atoms with Crippen LogP contribution in [-0.2, 0) is 5.54 Å². The van der Waals surface area contributed by atoms with E-state index in [9.17, 15) is 0 Å². The van der Waals surface area contributed by atoms with Crippen LogP contribution in [0.3, 0.4) is 0 Å². The fraction of sp³-hybridized carbons (Fsp3) is 0.429. The Morgan fingerprint density at radius 2 is 2.36 bits per heavy atom. The molecule has 0 aliphatic carbocycles. The molecular weight excluding hydrogens is 140 g/mol. The van der Waals surface area contributed by atoms with Crippen LogP contribution in [0.2, 0.25) is 0 Å². The van der Waals surface area contributed by atoms with Gasteiger partial charge in [-0.05, 0) is 19.9 Å². The second kappa shape index (κ2) is 2.27. The Labute approximate surface area is 65.2 Å². The lowest BCUT2D eigenvalue weighted by Gasteiger charge is -2.14. The molecule has 0 saturated heterocycles. The van der Waals surface area contributed by atoms with Crippen molar-refractivity contribution in [1.82, 2.24) is 9.78 Å². The fourth-order valence-electron chi connectivity index (χ4n) is 0.701. The van der Waals surface area contributed by atoms with Crippen LogP contribution in [0.15, 0.2) is 12.3 Å². The van der Waals surface area contributed by atoms with Gasteiger partial charge in [0, 0.05) is 6.20 Å². The Kier molecular flexibility index (Phi) is 1.57. The van der Waals surface area contributed by atoms with Crippen LogP contribution in [0.5, 0.6) is 0 Å². The first-order chi connectivity index (χ1) is 5.06. The van der Waals surface area contributed by atoms with Crippen molar-refractivity contribution >= 4 is 5.82 Å². The molecule has 4 heteroatoms. The molecule has 1 rings (SSSR count). The second-order valence-corrected chi connectivity index (χ2v) is 2.86. The van der Waals surface area contributed by atoms with Gasteiger partial charge in [-0.2, -0.15) is 10.4 Å². The molecule has 58 valence electrons. The van der Waals surface area contributed by atoms with E-state index >= 15 is 0 Å². The predicted molar refractivity (Wildman–Crippen MR) is 41.6 cm³/mol. The summed E-state index contributed by atoms with van der Waals surface area (Å²) in [5.41, 5.74) is 4.78. The van der Waals surface area contributed by atoms with Gasteiger partial charge in [-0.15, -0.1) is 0 Å². The maximum Gasteiger partial charge on any atom is 0.145 e. The molecular formula is C7H10N4. The zero-order valence-electron chi connectivity index (χ0n) is 6.57. The normalized spacial score (nSPS) is 11.0. The second-order valence-electron chi connectivity index (χ2n) is 2.86. The molecule has 0 aliphatic rings. The molecule has 1 aromatic rings. The molecule has 0 bridgehead atoms. The van der Waals surface area contributed by atoms with Crippen molar-refractivity contribution in [3.63, 3.8) is 0 Å².